The lowest BCUT2D eigenvalue weighted by Crippen LogP contribution is -2.06. The zero-order chi connectivity index (χ0) is 12.5. The third kappa shape index (κ3) is 1.94. The van der Waals surface area contributed by atoms with Crippen molar-refractivity contribution in [1.82, 2.24) is 0 Å². The molecular weight excluding hydrogens is 240 g/mol. The molecule has 0 amide bonds. The number of hydrogen-bond donors (Lipinski definition) is 0. The SMILES string of the molecule is COS(=O)(=O)c1ccc2ccccc2c1C=O. The zero-order valence-electron chi connectivity index (χ0n) is 9.08. The first-order valence-corrected chi connectivity index (χ1v) is 6.28. The van der Waals surface area contributed by atoms with Crippen molar-refractivity contribution in [3.05, 3.63) is 42.0 Å². The van der Waals surface area contributed by atoms with Gasteiger partial charge in [0.05, 0.1) is 7.11 Å². The first kappa shape index (κ1) is 11.8. The second-order valence-corrected chi connectivity index (χ2v) is 5.12. The lowest BCUT2D eigenvalue weighted by atomic mass is 10.1. The highest BCUT2D eigenvalue weighted by molar-refractivity contribution is 7.86. The highest BCUT2D eigenvalue weighted by Gasteiger charge is 2.19. The molecule has 2 aromatic rings. The molecule has 0 fully saturated rings. The Morgan fingerprint density at radius 2 is 1.82 bits per heavy atom. The molecule has 2 rings (SSSR count). The number of carbonyl (C=O) groups is 1. The number of aldehydes is 1. The van der Waals surface area contributed by atoms with Gasteiger partial charge in [0.1, 0.15) is 4.90 Å². The van der Waals surface area contributed by atoms with Crippen molar-refractivity contribution in [1.29, 1.82) is 0 Å². The summed E-state index contributed by atoms with van der Waals surface area (Å²) in [5.41, 5.74) is 0.130. The van der Waals surface area contributed by atoms with Crippen LogP contribution in [0.25, 0.3) is 10.8 Å². The maximum absolute atomic E-state index is 11.6. The minimum atomic E-state index is -3.86. The van der Waals surface area contributed by atoms with E-state index in [1.54, 1.807) is 18.2 Å². The number of fused-ring (bicyclic) bond motifs is 1. The molecule has 0 radical (unpaired) electrons. The standard InChI is InChI=1S/C12H10O4S/c1-16-17(14,15)12-7-6-9-4-2-3-5-10(9)11(12)8-13/h2-8H,1H3. The topological polar surface area (TPSA) is 60.4 Å². The van der Waals surface area contributed by atoms with Crippen molar-refractivity contribution < 1.29 is 17.4 Å². The maximum Gasteiger partial charge on any atom is 0.297 e. The molecule has 0 aliphatic carbocycles. The monoisotopic (exact) mass is 250 g/mol. The van der Waals surface area contributed by atoms with Crippen LogP contribution in [0.15, 0.2) is 41.3 Å². The second kappa shape index (κ2) is 4.27. The van der Waals surface area contributed by atoms with Crippen LogP contribution < -0.4 is 0 Å². The zero-order valence-corrected chi connectivity index (χ0v) is 9.90. The van der Waals surface area contributed by atoms with Gasteiger partial charge in [0.25, 0.3) is 10.1 Å². The van der Waals surface area contributed by atoms with Gasteiger partial charge in [-0.15, -0.1) is 0 Å². The van der Waals surface area contributed by atoms with Gasteiger partial charge in [-0.3, -0.25) is 8.98 Å². The van der Waals surface area contributed by atoms with Gasteiger partial charge in [-0.05, 0) is 16.8 Å². The normalized spacial score (nSPS) is 11.6. The Bertz CT molecular complexity index is 674. The van der Waals surface area contributed by atoms with E-state index in [0.29, 0.717) is 11.7 Å². The molecule has 88 valence electrons. The Morgan fingerprint density at radius 3 is 2.47 bits per heavy atom. The van der Waals surface area contributed by atoms with E-state index in [0.717, 1.165) is 12.5 Å². The number of rotatable bonds is 3. The molecule has 0 aromatic heterocycles. The number of carbonyl (C=O) groups excluding carboxylic acids is 1. The average Bonchev–Trinajstić information content (AvgIpc) is 2.37. The van der Waals surface area contributed by atoms with Crippen LogP contribution in [0.5, 0.6) is 0 Å². The van der Waals surface area contributed by atoms with Crippen LogP contribution >= 0.6 is 0 Å². The number of hydrogen-bond acceptors (Lipinski definition) is 4. The summed E-state index contributed by atoms with van der Waals surface area (Å²) in [5, 5.41) is 1.41. The molecule has 0 bridgehead atoms. The Kier molecular flexibility index (Phi) is 2.95. The molecule has 0 spiro atoms. The van der Waals surface area contributed by atoms with E-state index >= 15 is 0 Å². The molecule has 2 aromatic carbocycles. The van der Waals surface area contributed by atoms with Crippen LogP contribution in [-0.2, 0) is 14.3 Å². The summed E-state index contributed by atoms with van der Waals surface area (Å²) in [6.45, 7) is 0. The van der Waals surface area contributed by atoms with Gasteiger partial charge in [0.2, 0.25) is 0 Å². The van der Waals surface area contributed by atoms with Gasteiger partial charge < -0.3 is 0 Å². The fourth-order valence-corrected chi connectivity index (χ4v) is 2.55. The molecule has 0 saturated carbocycles. The molecule has 0 aliphatic rings. The largest absolute Gasteiger partial charge is 0.298 e. The quantitative estimate of drug-likeness (QED) is 0.617. The molecule has 0 N–H and O–H groups in total. The van der Waals surface area contributed by atoms with Crippen LogP contribution in [0, 0.1) is 0 Å². The van der Waals surface area contributed by atoms with Crippen LogP contribution in [0.4, 0.5) is 0 Å². The first-order valence-electron chi connectivity index (χ1n) is 4.87. The summed E-state index contributed by atoms with van der Waals surface area (Å²) in [6.07, 6.45) is 0.536. The highest BCUT2D eigenvalue weighted by Crippen LogP contribution is 2.25. The third-order valence-corrected chi connectivity index (χ3v) is 3.87. The molecule has 0 unspecified atom stereocenters. The Labute approximate surface area is 99.0 Å². The van der Waals surface area contributed by atoms with E-state index in [4.69, 9.17) is 0 Å². The van der Waals surface area contributed by atoms with Crippen molar-refractivity contribution in [2.45, 2.75) is 4.90 Å². The third-order valence-electron chi connectivity index (χ3n) is 2.54. The minimum Gasteiger partial charge on any atom is -0.298 e. The lowest BCUT2D eigenvalue weighted by Gasteiger charge is -2.07. The van der Waals surface area contributed by atoms with Crippen molar-refractivity contribution >= 4 is 27.2 Å². The molecule has 17 heavy (non-hydrogen) atoms. The fourth-order valence-electron chi connectivity index (χ4n) is 1.70. The summed E-state index contributed by atoms with van der Waals surface area (Å²) in [7, 11) is -2.80. The van der Waals surface area contributed by atoms with Gasteiger partial charge >= 0.3 is 0 Å². The lowest BCUT2D eigenvalue weighted by molar-refractivity contribution is 0.112. The predicted octanol–water partition coefficient (Wildman–Crippen LogP) is 1.99. The van der Waals surface area contributed by atoms with Gasteiger partial charge in [0.15, 0.2) is 6.29 Å². The second-order valence-electron chi connectivity index (χ2n) is 3.44. The van der Waals surface area contributed by atoms with Crippen molar-refractivity contribution in [3.63, 3.8) is 0 Å². The van der Waals surface area contributed by atoms with Crippen molar-refractivity contribution in [2.24, 2.45) is 0 Å². The summed E-state index contributed by atoms with van der Waals surface area (Å²) < 4.78 is 27.7. The van der Waals surface area contributed by atoms with E-state index in [2.05, 4.69) is 4.18 Å². The Hall–Kier alpha value is -1.72. The maximum atomic E-state index is 11.6. The molecule has 0 atom stereocenters. The molecule has 4 nitrogen and oxygen atoms in total. The van der Waals surface area contributed by atoms with Crippen molar-refractivity contribution in [3.8, 4) is 0 Å². The average molecular weight is 250 g/mol. The van der Waals surface area contributed by atoms with Crippen LogP contribution in [-0.4, -0.2) is 21.8 Å². The Balaban J connectivity index is 2.88. The van der Waals surface area contributed by atoms with E-state index in [1.165, 1.54) is 6.07 Å². The molecular formula is C12H10O4S. The molecule has 0 heterocycles. The van der Waals surface area contributed by atoms with Gasteiger partial charge in [-0.1, -0.05) is 30.3 Å². The minimum absolute atomic E-state index is 0.103. The van der Waals surface area contributed by atoms with E-state index in [1.807, 2.05) is 12.1 Å². The summed E-state index contributed by atoms with van der Waals surface area (Å²) >= 11 is 0. The first-order chi connectivity index (χ1) is 8.10. The van der Waals surface area contributed by atoms with E-state index in [-0.39, 0.29) is 10.5 Å². The van der Waals surface area contributed by atoms with Gasteiger partial charge in [0, 0.05) is 5.56 Å². The number of benzene rings is 2. The molecule has 0 saturated heterocycles. The predicted molar refractivity (Wildman–Crippen MR) is 63.5 cm³/mol. The van der Waals surface area contributed by atoms with Gasteiger partial charge in [-0.25, -0.2) is 0 Å². The Morgan fingerprint density at radius 1 is 1.12 bits per heavy atom. The van der Waals surface area contributed by atoms with Crippen LogP contribution in [0.3, 0.4) is 0 Å². The fraction of sp³-hybridized carbons (Fsp3) is 0.0833. The van der Waals surface area contributed by atoms with E-state index in [9.17, 15) is 13.2 Å². The smallest absolute Gasteiger partial charge is 0.297 e. The van der Waals surface area contributed by atoms with Crippen molar-refractivity contribution in [2.75, 3.05) is 7.11 Å². The highest BCUT2D eigenvalue weighted by atomic mass is 32.2. The molecule has 0 aliphatic heterocycles. The molecule has 5 heteroatoms. The van der Waals surface area contributed by atoms with Gasteiger partial charge in [-0.2, -0.15) is 8.42 Å². The summed E-state index contributed by atoms with van der Waals surface area (Å²) in [6, 6.07) is 10.1. The summed E-state index contributed by atoms with van der Waals surface area (Å²) in [4.78, 5) is 11.0. The van der Waals surface area contributed by atoms with Crippen LogP contribution in [0.2, 0.25) is 0 Å². The van der Waals surface area contributed by atoms with E-state index < -0.39 is 10.1 Å². The summed E-state index contributed by atoms with van der Waals surface area (Å²) in [5.74, 6) is 0. The van der Waals surface area contributed by atoms with Crippen LogP contribution in [0.1, 0.15) is 10.4 Å².